The highest BCUT2D eigenvalue weighted by atomic mass is 32.2. The summed E-state index contributed by atoms with van der Waals surface area (Å²) in [5, 5.41) is 16.1. The zero-order valence-corrected chi connectivity index (χ0v) is 15.3. The van der Waals surface area contributed by atoms with Crippen molar-refractivity contribution in [1.29, 1.82) is 0 Å². The van der Waals surface area contributed by atoms with Crippen LogP contribution in [0.5, 0.6) is 0 Å². The minimum absolute atomic E-state index is 0.0410. The summed E-state index contributed by atoms with van der Waals surface area (Å²) in [4.78, 5) is 40.4. The molecular formula is C17H13N5O5S. The van der Waals surface area contributed by atoms with Crippen molar-refractivity contribution >= 4 is 35.4 Å². The van der Waals surface area contributed by atoms with E-state index in [2.05, 4.69) is 10.1 Å². The Morgan fingerprint density at radius 1 is 1.39 bits per heavy atom. The molecule has 1 aromatic heterocycles. The molecule has 142 valence electrons. The van der Waals surface area contributed by atoms with Gasteiger partial charge in [0.25, 0.3) is 11.6 Å². The molecule has 2 aliphatic heterocycles. The molecule has 1 saturated heterocycles. The van der Waals surface area contributed by atoms with E-state index in [4.69, 9.17) is 4.74 Å². The lowest BCUT2D eigenvalue weighted by Crippen LogP contribution is -2.51. The Morgan fingerprint density at radius 2 is 2.14 bits per heavy atom. The summed E-state index contributed by atoms with van der Waals surface area (Å²) >= 11 is 1.33. The number of β-lactam (4-membered cyclic amide) rings is 1. The first-order valence-electron chi connectivity index (χ1n) is 8.11. The summed E-state index contributed by atoms with van der Waals surface area (Å²) < 4.78 is 6.77. The molecule has 0 spiro atoms. The Morgan fingerprint density at radius 3 is 2.79 bits per heavy atom. The van der Waals surface area contributed by atoms with E-state index >= 15 is 0 Å². The number of nitro groups is 1. The predicted molar refractivity (Wildman–Crippen MR) is 98.2 cm³/mol. The number of non-ortho nitro benzene ring substituents is 1. The van der Waals surface area contributed by atoms with Crippen LogP contribution in [0.3, 0.4) is 0 Å². The fourth-order valence-corrected chi connectivity index (χ4v) is 3.87. The average Bonchev–Trinajstić information content (AvgIpc) is 3.28. The highest BCUT2D eigenvalue weighted by molar-refractivity contribution is 8.03. The number of nitro benzene ring substituents is 1. The van der Waals surface area contributed by atoms with Gasteiger partial charge in [0, 0.05) is 24.6 Å². The molecule has 1 atom stereocenters. The number of carbonyl (C=O) groups excluding carboxylic acids is 2. The van der Waals surface area contributed by atoms with Crippen LogP contribution in [0.4, 0.5) is 5.69 Å². The van der Waals surface area contributed by atoms with E-state index in [0.29, 0.717) is 17.0 Å². The van der Waals surface area contributed by atoms with Gasteiger partial charge in [-0.25, -0.2) is 9.78 Å². The van der Waals surface area contributed by atoms with Gasteiger partial charge in [0.2, 0.25) is 0 Å². The summed E-state index contributed by atoms with van der Waals surface area (Å²) in [5.74, 6) is -0.488. The smallest absolute Gasteiger partial charge is 0.355 e. The first-order chi connectivity index (χ1) is 13.4. The predicted octanol–water partition coefficient (Wildman–Crippen LogP) is 1.61. The van der Waals surface area contributed by atoms with E-state index in [9.17, 15) is 19.7 Å². The number of aromatic nitrogens is 3. The van der Waals surface area contributed by atoms with Gasteiger partial charge in [-0.1, -0.05) is 0 Å². The number of esters is 1. The van der Waals surface area contributed by atoms with Crippen molar-refractivity contribution in [2.45, 2.75) is 12.0 Å². The largest absolute Gasteiger partial charge is 0.456 e. The number of rotatable bonds is 5. The average molecular weight is 399 g/mol. The fourth-order valence-electron chi connectivity index (χ4n) is 2.76. The highest BCUT2D eigenvalue weighted by Gasteiger charge is 2.50. The summed E-state index contributed by atoms with van der Waals surface area (Å²) in [6.07, 6.45) is 3.14. The van der Waals surface area contributed by atoms with Crippen LogP contribution in [0.15, 0.2) is 47.3 Å². The molecule has 1 amide bonds. The van der Waals surface area contributed by atoms with Crippen molar-refractivity contribution < 1.29 is 19.2 Å². The quantitative estimate of drug-likeness (QED) is 0.244. The van der Waals surface area contributed by atoms with Gasteiger partial charge in [-0.3, -0.25) is 24.5 Å². The number of hydrogen-bond acceptors (Lipinski definition) is 8. The van der Waals surface area contributed by atoms with Crippen LogP contribution in [-0.2, 0) is 28.0 Å². The number of carbonyl (C=O) groups is 2. The lowest BCUT2D eigenvalue weighted by molar-refractivity contribution is -0.384. The topological polar surface area (TPSA) is 120 Å². The maximum absolute atomic E-state index is 12.4. The summed E-state index contributed by atoms with van der Waals surface area (Å²) in [6, 6.07) is 5.71. The van der Waals surface area contributed by atoms with Crippen molar-refractivity contribution in [2.75, 3.05) is 0 Å². The summed E-state index contributed by atoms with van der Waals surface area (Å²) in [5.41, 5.74) is 1.26. The van der Waals surface area contributed by atoms with Crippen LogP contribution in [-0.4, -0.2) is 41.8 Å². The number of benzene rings is 1. The number of amides is 1. The zero-order chi connectivity index (χ0) is 19.8. The van der Waals surface area contributed by atoms with Crippen molar-refractivity contribution in [3.63, 3.8) is 0 Å². The van der Waals surface area contributed by atoms with Gasteiger partial charge in [-0.05, 0) is 23.8 Å². The second-order valence-electron chi connectivity index (χ2n) is 6.04. The lowest BCUT2D eigenvalue weighted by Gasteiger charge is -2.37. The minimum atomic E-state index is -0.628. The van der Waals surface area contributed by atoms with Crippen LogP contribution in [0, 0.1) is 10.1 Å². The number of hydrogen-bond donors (Lipinski definition) is 0. The Bertz CT molecular complexity index is 1040. The van der Waals surface area contributed by atoms with Crippen LogP contribution in [0.25, 0.3) is 6.08 Å². The fraction of sp³-hybridized carbons (Fsp3) is 0.176. The minimum Gasteiger partial charge on any atom is -0.456 e. The second-order valence-corrected chi connectivity index (χ2v) is 7.00. The number of thioether (sulfide) groups is 1. The van der Waals surface area contributed by atoms with Gasteiger partial charge in [-0.2, -0.15) is 5.10 Å². The van der Waals surface area contributed by atoms with Crippen LogP contribution in [0.1, 0.15) is 11.4 Å². The van der Waals surface area contributed by atoms with Gasteiger partial charge in [0.05, 0.1) is 10.5 Å². The second kappa shape index (κ2) is 6.93. The standard InChI is InChI=1S/C17H13N5O5S/c1-20-9-18-14(19-20)6-12-15(23)21-13(8-28-16(12)21)17(24)27-7-10-2-4-11(5-3-10)22(25)26/h2-6,8-9,16H,7H2,1H3/b12-6-/t16-/m1/s1. The molecule has 10 nitrogen and oxygen atoms in total. The number of aryl methyl sites for hydroxylation is 1. The Balaban J connectivity index is 1.38. The first-order valence-corrected chi connectivity index (χ1v) is 9.05. The molecule has 2 aliphatic rings. The number of nitrogens with zero attached hydrogens (tertiary/aromatic N) is 5. The maximum Gasteiger partial charge on any atom is 0.355 e. The molecule has 0 saturated carbocycles. The number of ether oxygens (including phenoxy) is 1. The van der Waals surface area contributed by atoms with Crippen LogP contribution >= 0.6 is 11.8 Å². The molecule has 1 fully saturated rings. The Hall–Kier alpha value is -3.47. The van der Waals surface area contributed by atoms with E-state index in [1.807, 2.05) is 0 Å². The molecular weight excluding hydrogens is 386 g/mol. The van der Waals surface area contributed by atoms with E-state index in [-0.39, 0.29) is 29.3 Å². The Labute approximate surface area is 162 Å². The molecule has 0 unspecified atom stereocenters. The van der Waals surface area contributed by atoms with E-state index in [0.717, 1.165) is 0 Å². The van der Waals surface area contributed by atoms with Gasteiger partial charge < -0.3 is 4.74 Å². The van der Waals surface area contributed by atoms with Crippen molar-refractivity contribution in [3.8, 4) is 0 Å². The third-order valence-electron chi connectivity index (χ3n) is 4.16. The summed E-state index contributed by atoms with van der Waals surface area (Å²) in [7, 11) is 1.73. The molecule has 0 bridgehead atoms. The van der Waals surface area contributed by atoms with Crippen molar-refractivity contribution in [2.24, 2.45) is 7.05 Å². The first kappa shape index (κ1) is 17.9. The summed E-state index contributed by atoms with van der Waals surface area (Å²) in [6.45, 7) is -0.0495. The third kappa shape index (κ3) is 3.16. The SMILES string of the molecule is Cn1cnc(/C=C2/C(=O)N3C(C(=O)OCc4ccc([N+](=O)[O-])cc4)=CS[C@H]23)n1. The Kier molecular flexibility index (Phi) is 4.43. The maximum atomic E-state index is 12.4. The molecule has 0 N–H and O–H groups in total. The normalized spacial score (nSPS) is 19.2. The van der Waals surface area contributed by atoms with Crippen molar-refractivity contribution in [3.05, 3.63) is 68.8 Å². The molecule has 1 aromatic carbocycles. The molecule has 11 heteroatoms. The van der Waals surface area contributed by atoms with Crippen LogP contribution < -0.4 is 0 Å². The highest BCUT2D eigenvalue weighted by Crippen LogP contribution is 2.45. The molecule has 2 aromatic rings. The molecule has 3 heterocycles. The van der Waals surface area contributed by atoms with E-state index < -0.39 is 10.9 Å². The molecule has 4 rings (SSSR count). The monoisotopic (exact) mass is 399 g/mol. The van der Waals surface area contributed by atoms with Gasteiger partial charge in [-0.15, -0.1) is 11.8 Å². The van der Waals surface area contributed by atoms with Gasteiger partial charge in [0.1, 0.15) is 24.0 Å². The van der Waals surface area contributed by atoms with E-state index in [1.165, 1.54) is 51.9 Å². The molecule has 0 radical (unpaired) electrons. The van der Waals surface area contributed by atoms with Gasteiger partial charge >= 0.3 is 5.97 Å². The molecule has 28 heavy (non-hydrogen) atoms. The van der Waals surface area contributed by atoms with Crippen LogP contribution in [0.2, 0.25) is 0 Å². The van der Waals surface area contributed by atoms with Gasteiger partial charge in [0.15, 0.2) is 5.82 Å². The number of fused-ring (bicyclic) bond motifs is 1. The zero-order valence-electron chi connectivity index (χ0n) is 14.5. The third-order valence-corrected chi connectivity index (χ3v) is 5.24. The van der Waals surface area contributed by atoms with E-state index in [1.54, 1.807) is 18.5 Å². The molecule has 0 aliphatic carbocycles. The lowest BCUT2D eigenvalue weighted by atomic mass is 10.0. The van der Waals surface area contributed by atoms with Crippen molar-refractivity contribution in [1.82, 2.24) is 19.7 Å².